The van der Waals surface area contributed by atoms with Crippen molar-refractivity contribution in [2.75, 3.05) is 12.4 Å². The summed E-state index contributed by atoms with van der Waals surface area (Å²) >= 11 is 0. The van der Waals surface area contributed by atoms with Crippen LogP contribution in [-0.2, 0) is 11.2 Å². The van der Waals surface area contributed by atoms with Gasteiger partial charge in [-0.2, -0.15) is 0 Å². The average molecular weight is 299 g/mol. The molecule has 2 N–H and O–H groups in total. The molecule has 2 aromatic carbocycles. The lowest BCUT2D eigenvalue weighted by Gasteiger charge is -2.26. The number of benzene rings is 2. The first kappa shape index (κ1) is 14.3. The summed E-state index contributed by atoms with van der Waals surface area (Å²) in [6.07, 6.45) is -0.218. The van der Waals surface area contributed by atoms with Crippen molar-refractivity contribution in [1.29, 1.82) is 0 Å². The van der Waals surface area contributed by atoms with E-state index in [0.717, 1.165) is 16.9 Å². The standard InChI is InChI=1S/C17H17NO4/c1-10-3-5-14(21-2)11(7-10)8-16-17(20)18-13-9-12(19)4-6-15(13)22-16/h3-7,9,16,19H,8H2,1-2H3,(H,18,20). The number of hydrogen-bond acceptors (Lipinski definition) is 4. The summed E-state index contributed by atoms with van der Waals surface area (Å²) in [5, 5.41) is 12.2. The zero-order valence-corrected chi connectivity index (χ0v) is 12.4. The van der Waals surface area contributed by atoms with E-state index in [9.17, 15) is 9.90 Å². The molecule has 0 radical (unpaired) electrons. The lowest BCUT2D eigenvalue weighted by molar-refractivity contribution is -0.123. The summed E-state index contributed by atoms with van der Waals surface area (Å²) in [5.41, 5.74) is 2.50. The topological polar surface area (TPSA) is 67.8 Å². The maximum atomic E-state index is 12.2. The fourth-order valence-electron chi connectivity index (χ4n) is 2.54. The second-order valence-corrected chi connectivity index (χ2v) is 5.30. The SMILES string of the molecule is COc1ccc(C)cc1CC1Oc2ccc(O)cc2NC1=O. The Morgan fingerprint density at radius 3 is 2.86 bits per heavy atom. The van der Waals surface area contributed by atoms with Gasteiger partial charge in [-0.25, -0.2) is 0 Å². The number of aromatic hydroxyl groups is 1. The van der Waals surface area contributed by atoms with Crippen LogP contribution in [0.2, 0.25) is 0 Å². The molecule has 0 spiro atoms. The molecule has 0 aliphatic carbocycles. The molecule has 0 bridgehead atoms. The van der Waals surface area contributed by atoms with Crippen molar-refractivity contribution in [3.63, 3.8) is 0 Å². The molecule has 1 aliphatic rings. The van der Waals surface area contributed by atoms with E-state index in [0.29, 0.717) is 17.9 Å². The fraction of sp³-hybridized carbons (Fsp3) is 0.235. The first-order valence-corrected chi connectivity index (χ1v) is 7.01. The first-order chi connectivity index (χ1) is 10.6. The molecule has 0 saturated carbocycles. The number of fused-ring (bicyclic) bond motifs is 1. The van der Waals surface area contributed by atoms with Crippen LogP contribution in [0.5, 0.6) is 17.2 Å². The molecular weight excluding hydrogens is 282 g/mol. The molecule has 114 valence electrons. The molecule has 1 heterocycles. The van der Waals surface area contributed by atoms with Gasteiger partial charge in [-0.15, -0.1) is 0 Å². The lowest BCUT2D eigenvalue weighted by atomic mass is 10.0. The Kier molecular flexibility index (Phi) is 3.63. The smallest absolute Gasteiger partial charge is 0.265 e. The number of ether oxygens (including phenoxy) is 2. The summed E-state index contributed by atoms with van der Waals surface area (Å²) < 4.78 is 11.1. The van der Waals surface area contributed by atoms with Crippen molar-refractivity contribution in [2.45, 2.75) is 19.4 Å². The molecule has 0 fully saturated rings. The van der Waals surface area contributed by atoms with Crippen LogP contribution in [0.1, 0.15) is 11.1 Å². The minimum Gasteiger partial charge on any atom is -0.508 e. The van der Waals surface area contributed by atoms with Crippen LogP contribution in [0.15, 0.2) is 36.4 Å². The summed E-state index contributed by atoms with van der Waals surface area (Å²) in [6.45, 7) is 1.99. The van der Waals surface area contributed by atoms with Crippen LogP contribution < -0.4 is 14.8 Å². The Balaban J connectivity index is 1.86. The molecular formula is C17H17NO4. The van der Waals surface area contributed by atoms with Gasteiger partial charge in [-0.1, -0.05) is 17.7 Å². The second kappa shape index (κ2) is 5.60. The normalized spacial score (nSPS) is 16.5. The van der Waals surface area contributed by atoms with E-state index in [-0.39, 0.29) is 11.7 Å². The molecule has 0 aromatic heterocycles. The third kappa shape index (κ3) is 2.70. The second-order valence-electron chi connectivity index (χ2n) is 5.30. The van der Waals surface area contributed by atoms with E-state index in [1.54, 1.807) is 13.2 Å². The van der Waals surface area contributed by atoms with Crippen molar-refractivity contribution in [1.82, 2.24) is 0 Å². The molecule has 22 heavy (non-hydrogen) atoms. The van der Waals surface area contributed by atoms with Crippen LogP contribution >= 0.6 is 0 Å². The predicted octanol–water partition coefficient (Wildman–Crippen LogP) is 2.65. The average Bonchev–Trinajstić information content (AvgIpc) is 2.48. The van der Waals surface area contributed by atoms with Crippen LogP contribution in [0.25, 0.3) is 0 Å². The van der Waals surface area contributed by atoms with Gasteiger partial charge in [-0.3, -0.25) is 4.79 Å². The zero-order valence-electron chi connectivity index (χ0n) is 12.4. The largest absolute Gasteiger partial charge is 0.508 e. The highest BCUT2D eigenvalue weighted by atomic mass is 16.5. The Labute approximate surface area is 128 Å². The third-order valence-corrected chi connectivity index (χ3v) is 3.62. The van der Waals surface area contributed by atoms with E-state index in [1.165, 1.54) is 12.1 Å². The molecule has 5 heteroatoms. The van der Waals surface area contributed by atoms with Crippen LogP contribution in [0, 0.1) is 6.92 Å². The number of anilines is 1. The van der Waals surface area contributed by atoms with E-state index in [1.807, 2.05) is 25.1 Å². The zero-order chi connectivity index (χ0) is 15.7. The van der Waals surface area contributed by atoms with Gasteiger partial charge >= 0.3 is 0 Å². The van der Waals surface area contributed by atoms with Gasteiger partial charge in [-0.05, 0) is 30.7 Å². The Morgan fingerprint density at radius 1 is 1.27 bits per heavy atom. The molecule has 2 aromatic rings. The molecule has 3 rings (SSSR count). The maximum Gasteiger partial charge on any atom is 0.265 e. The lowest BCUT2D eigenvalue weighted by Crippen LogP contribution is -2.38. The van der Waals surface area contributed by atoms with Crippen molar-refractivity contribution in [3.8, 4) is 17.2 Å². The van der Waals surface area contributed by atoms with Crippen LogP contribution in [-0.4, -0.2) is 24.2 Å². The fourth-order valence-corrected chi connectivity index (χ4v) is 2.54. The van der Waals surface area contributed by atoms with E-state index in [2.05, 4.69) is 5.32 Å². The number of nitrogens with one attached hydrogen (secondary N) is 1. The molecule has 1 atom stereocenters. The number of carbonyl (C=O) groups is 1. The van der Waals surface area contributed by atoms with Gasteiger partial charge in [0.25, 0.3) is 5.91 Å². The number of aryl methyl sites for hydroxylation is 1. The number of amides is 1. The molecule has 0 saturated heterocycles. The Morgan fingerprint density at radius 2 is 2.09 bits per heavy atom. The Bertz CT molecular complexity index is 727. The molecule has 5 nitrogen and oxygen atoms in total. The maximum absolute atomic E-state index is 12.2. The van der Waals surface area contributed by atoms with Crippen molar-refractivity contribution < 1.29 is 19.4 Å². The summed E-state index contributed by atoms with van der Waals surface area (Å²) in [6, 6.07) is 10.5. The van der Waals surface area contributed by atoms with Crippen LogP contribution in [0.4, 0.5) is 5.69 Å². The molecule has 1 amide bonds. The van der Waals surface area contributed by atoms with Gasteiger partial charge in [0.05, 0.1) is 12.8 Å². The van der Waals surface area contributed by atoms with Gasteiger partial charge in [0.2, 0.25) is 0 Å². The number of phenols is 1. The highest BCUT2D eigenvalue weighted by Crippen LogP contribution is 2.34. The van der Waals surface area contributed by atoms with E-state index in [4.69, 9.17) is 9.47 Å². The Hall–Kier alpha value is -2.69. The number of phenolic OH excluding ortho intramolecular Hbond substituents is 1. The predicted molar refractivity (Wildman–Crippen MR) is 82.6 cm³/mol. The summed E-state index contributed by atoms with van der Waals surface area (Å²) in [5.74, 6) is 1.13. The minimum absolute atomic E-state index is 0.0847. The third-order valence-electron chi connectivity index (χ3n) is 3.62. The van der Waals surface area contributed by atoms with Crippen molar-refractivity contribution >= 4 is 11.6 Å². The molecule has 1 aliphatic heterocycles. The van der Waals surface area contributed by atoms with E-state index >= 15 is 0 Å². The van der Waals surface area contributed by atoms with Crippen molar-refractivity contribution in [2.24, 2.45) is 0 Å². The summed E-state index contributed by atoms with van der Waals surface area (Å²) in [4.78, 5) is 12.2. The minimum atomic E-state index is -0.632. The highest BCUT2D eigenvalue weighted by Gasteiger charge is 2.28. The summed E-state index contributed by atoms with van der Waals surface area (Å²) in [7, 11) is 1.61. The molecule has 1 unspecified atom stereocenters. The van der Waals surface area contributed by atoms with E-state index < -0.39 is 6.10 Å². The number of carbonyl (C=O) groups excluding carboxylic acids is 1. The first-order valence-electron chi connectivity index (χ1n) is 7.01. The van der Waals surface area contributed by atoms with Crippen molar-refractivity contribution in [3.05, 3.63) is 47.5 Å². The van der Waals surface area contributed by atoms with Gasteiger partial charge in [0.1, 0.15) is 17.2 Å². The van der Waals surface area contributed by atoms with Gasteiger partial charge in [0.15, 0.2) is 6.10 Å². The quantitative estimate of drug-likeness (QED) is 0.914. The van der Waals surface area contributed by atoms with Gasteiger partial charge in [0, 0.05) is 12.5 Å². The monoisotopic (exact) mass is 299 g/mol. The number of rotatable bonds is 3. The van der Waals surface area contributed by atoms with Crippen LogP contribution in [0.3, 0.4) is 0 Å². The van der Waals surface area contributed by atoms with Gasteiger partial charge < -0.3 is 19.9 Å². The number of methoxy groups -OCH3 is 1. The number of hydrogen-bond donors (Lipinski definition) is 2. The highest BCUT2D eigenvalue weighted by molar-refractivity contribution is 5.98.